The van der Waals surface area contributed by atoms with Crippen molar-refractivity contribution in [2.24, 2.45) is 0 Å². The van der Waals surface area contributed by atoms with Crippen LogP contribution in [0.4, 0.5) is 0 Å². The minimum Gasteiger partial charge on any atom is -0.507 e. The fourth-order valence-electron chi connectivity index (χ4n) is 2.05. The van der Waals surface area contributed by atoms with Gasteiger partial charge in [-0.1, -0.05) is 39.5 Å². The van der Waals surface area contributed by atoms with E-state index in [0.717, 1.165) is 5.52 Å². The first kappa shape index (κ1) is 15.1. The first-order chi connectivity index (χ1) is 9.86. The Hall–Kier alpha value is -2.29. The average Bonchev–Trinajstić information content (AvgIpc) is 2.85. The standard InChI is InChI=1S/C18H21NO2/c1-6-8-13(15(20)7-2)17-19-14-11-12(18(3,4)5)9-10-16(14)21-17/h6-11,20H,1H2,2-5H3/b13-8+,15-7+. The molecule has 0 saturated heterocycles. The fraction of sp³-hybridized carbons (Fsp3) is 0.278. The van der Waals surface area contributed by atoms with Crippen LogP contribution in [0, 0.1) is 0 Å². The zero-order valence-electron chi connectivity index (χ0n) is 13.0. The molecule has 0 spiro atoms. The van der Waals surface area contributed by atoms with Crippen LogP contribution in [0.15, 0.2) is 53.2 Å². The van der Waals surface area contributed by atoms with Crippen LogP contribution in [0.5, 0.6) is 0 Å². The quantitative estimate of drug-likeness (QED) is 0.625. The van der Waals surface area contributed by atoms with Crippen LogP contribution >= 0.6 is 0 Å². The molecule has 21 heavy (non-hydrogen) atoms. The maximum absolute atomic E-state index is 9.96. The zero-order chi connectivity index (χ0) is 15.6. The number of aromatic nitrogens is 1. The summed E-state index contributed by atoms with van der Waals surface area (Å²) in [4.78, 5) is 4.49. The largest absolute Gasteiger partial charge is 0.507 e. The maximum Gasteiger partial charge on any atom is 0.231 e. The molecule has 1 aromatic carbocycles. The second-order valence-electron chi connectivity index (χ2n) is 5.94. The van der Waals surface area contributed by atoms with Gasteiger partial charge in [0.05, 0.1) is 5.57 Å². The highest BCUT2D eigenvalue weighted by atomic mass is 16.4. The molecular formula is C18H21NO2. The molecule has 1 aromatic heterocycles. The summed E-state index contributed by atoms with van der Waals surface area (Å²) in [5.41, 5.74) is 3.27. The summed E-state index contributed by atoms with van der Waals surface area (Å²) in [6.45, 7) is 11.9. The Balaban J connectivity index is 2.57. The van der Waals surface area contributed by atoms with Crippen molar-refractivity contribution in [2.45, 2.75) is 33.1 Å². The van der Waals surface area contributed by atoms with Crippen LogP contribution < -0.4 is 0 Å². The Labute approximate surface area is 125 Å². The highest BCUT2D eigenvalue weighted by molar-refractivity contribution is 5.80. The number of aliphatic hydroxyl groups excluding tert-OH is 1. The van der Waals surface area contributed by atoms with E-state index in [0.29, 0.717) is 17.0 Å². The predicted octanol–water partition coefficient (Wildman–Crippen LogP) is 5.16. The van der Waals surface area contributed by atoms with Gasteiger partial charge >= 0.3 is 0 Å². The Morgan fingerprint density at radius 1 is 1.33 bits per heavy atom. The summed E-state index contributed by atoms with van der Waals surface area (Å²) in [5, 5.41) is 9.96. The summed E-state index contributed by atoms with van der Waals surface area (Å²) in [5.74, 6) is 0.518. The first-order valence-corrected chi connectivity index (χ1v) is 6.96. The third-order valence-electron chi connectivity index (χ3n) is 3.32. The van der Waals surface area contributed by atoms with Crippen molar-refractivity contribution < 1.29 is 9.52 Å². The topological polar surface area (TPSA) is 46.3 Å². The van der Waals surface area contributed by atoms with Gasteiger partial charge in [-0.15, -0.1) is 0 Å². The second-order valence-corrected chi connectivity index (χ2v) is 5.94. The monoisotopic (exact) mass is 283 g/mol. The van der Waals surface area contributed by atoms with E-state index < -0.39 is 0 Å². The number of fused-ring (bicyclic) bond motifs is 1. The molecule has 0 saturated carbocycles. The van der Waals surface area contributed by atoms with Crippen molar-refractivity contribution in [3.05, 3.63) is 60.2 Å². The Bertz CT molecular complexity index is 727. The van der Waals surface area contributed by atoms with E-state index in [1.807, 2.05) is 18.2 Å². The molecule has 0 aliphatic rings. The lowest BCUT2D eigenvalue weighted by molar-refractivity contribution is 0.431. The van der Waals surface area contributed by atoms with E-state index in [4.69, 9.17) is 4.42 Å². The predicted molar refractivity (Wildman–Crippen MR) is 87.3 cm³/mol. The molecule has 0 amide bonds. The molecule has 0 fully saturated rings. The van der Waals surface area contributed by atoms with E-state index in [2.05, 4.69) is 32.3 Å². The van der Waals surface area contributed by atoms with Crippen LogP contribution in [-0.4, -0.2) is 10.1 Å². The van der Waals surface area contributed by atoms with Gasteiger partial charge in [0, 0.05) is 0 Å². The lowest BCUT2D eigenvalue weighted by atomic mass is 9.87. The summed E-state index contributed by atoms with van der Waals surface area (Å²) in [7, 11) is 0. The van der Waals surface area contributed by atoms with Crippen molar-refractivity contribution in [1.82, 2.24) is 4.98 Å². The molecule has 2 aromatic rings. The van der Waals surface area contributed by atoms with Gasteiger partial charge in [0.1, 0.15) is 11.3 Å². The van der Waals surface area contributed by atoms with Gasteiger partial charge in [-0.25, -0.2) is 4.98 Å². The number of rotatable bonds is 3. The highest BCUT2D eigenvalue weighted by Crippen LogP contribution is 2.29. The molecule has 2 rings (SSSR count). The smallest absolute Gasteiger partial charge is 0.231 e. The summed E-state index contributed by atoms with van der Waals surface area (Å²) in [6, 6.07) is 5.99. The van der Waals surface area contributed by atoms with Crippen molar-refractivity contribution >= 4 is 16.7 Å². The number of hydrogen-bond acceptors (Lipinski definition) is 3. The molecule has 0 unspecified atom stereocenters. The number of allylic oxidation sites excluding steroid dienone is 4. The van der Waals surface area contributed by atoms with Gasteiger partial charge in [-0.3, -0.25) is 0 Å². The lowest BCUT2D eigenvalue weighted by Crippen LogP contribution is -2.10. The van der Waals surface area contributed by atoms with Gasteiger partial charge in [0.25, 0.3) is 0 Å². The number of aliphatic hydroxyl groups is 1. The van der Waals surface area contributed by atoms with Crippen molar-refractivity contribution in [2.75, 3.05) is 0 Å². The zero-order valence-corrected chi connectivity index (χ0v) is 13.0. The molecule has 0 bridgehead atoms. The molecule has 0 atom stereocenters. The van der Waals surface area contributed by atoms with Crippen molar-refractivity contribution in [3.8, 4) is 0 Å². The van der Waals surface area contributed by atoms with Crippen LogP contribution in [0.25, 0.3) is 16.7 Å². The van der Waals surface area contributed by atoms with E-state index in [1.165, 1.54) is 5.56 Å². The van der Waals surface area contributed by atoms with E-state index in [1.54, 1.807) is 25.2 Å². The first-order valence-electron chi connectivity index (χ1n) is 6.96. The minimum atomic E-state index is 0.0541. The molecular weight excluding hydrogens is 262 g/mol. The van der Waals surface area contributed by atoms with Crippen molar-refractivity contribution in [1.29, 1.82) is 0 Å². The Morgan fingerprint density at radius 3 is 2.62 bits per heavy atom. The molecule has 110 valence electrons. The number of nitrogens with zero attached hydrogens (tertiary/aromatic N) is 1. The third kappa shape index (κ3) is 3.07. The summed E-state index contributed by atoms with van der Waals surface area (Å²) < 4.78 is 5.75. The van der Waals surface area contributed by atoms with Crippen molar-refractivity contribution in [3.63, 3.8) is 0 Å². The second kappa shape index (κ2) is 5.60. The van der Waals surface area contributed by atoms with Crippen LogP contribution in [-0.2, 0) is 5.41 Å². The summed E-state index contributed by atoms with van der Waals surface area (Å²) in [6.07, 6.45) is 4.89. The SMILES string of the molecule is C=C/C=C(\C(O)=C/C)c1nc2cc(C(C)(C)C)ccc2o1. The van der Waals surface area contributed by atoms with Crippen LogP contribution in [0.1, 0.15) is 39.1 Å². The molecule has 0 aliphatic carbocycles. The van der Waals surface area contributed by atoms with E-state index in [9.17, 15) is 5.11 Å². The maximum atomic E-state index is 9.96. The lowest BCUT2D eigenvalue weighted by Gasteiger charge is -2.18. The van der Waals surface area contributed by atoms with Gasteiger partial charge in [-0.05, 0) is 42.2 Å². The van der Waals surface area contributed by atoms with Gasteiger partial charge in [0.2, 0.25) is 5.89 Å². The Morgan fingerprint density at radius 2 is 2.05 bits per heavy atom. The number of oxazole rings is 1. The van der Waals surface area contributed by atoms with Crippen LogP contribution in [0.2, 0.25) is 0 Å². The molecule has 0 aliphatic heterocycles. The fourth-order valence-corrected chi connectivity index (χ4v) is 2.05. The number of hydrogen-bond donors (Lipinski definition) is 1. The van der Waals surface area contributed by atoms with Gasteiger partial charge < -0.3 is 9.52 Å². The normalized spacial score (nSPS) is 13.7. The average molecular weight is 283 g/mol. The van der Waals surface area contributed by atoms with Gasteiger partial charge in [0.15, 0.2) is 5.58 Å². The Kier molecular flexibility index (Phi) is 4.03. The van der Waals surface area contributed by atoms with Crippen LogP contribution in [0.3, 0.4) is 0 Å². The number of benzene rings is 1. The molecule has 3 nitrogen and oxygen atoms in total. The van der Waals surface area contributed by atoms with E-state index in [-0.39, 0.29) is 11.2 Å². The molecule has 3 heteroatoms. The highest BCUT2D eigenvalue weighted by Gasteiger charge is 2.17. The molecule has 1 heterocycles. The molecule has 1 N–H and O–H groups in total. The summed E-state index contributed by atoms with van der Waals surface area (Å²) >= 11 is 0. The van der Waals surface area contributed by atoms with E-state index >= 15 is 0 Å². The minimum absolute atomic E-state index is 0.0541. The van der Waals surface area contributed by atoms with Gasteiger partial charge in [-0.2, -0.15) is 0 Å². The molecule has 0 radical (unpaired) electrons. The third-order valence-corrected chi connectivity index (χ3v) is 3.32.